The molecule has 5 nitrogen and oxygen atoms in total. The molecule has 0 saturated carbocycles. The second kappa shape index (κ2) is 6.31. The molecule has 2 rings (SSSR count). The average molecular weight is 299 g/mol. The van der Waals surface area contributed by atoms with E-state index < -0.39 is 10.0 Å². The van der Waals surface area contributed by atoms with Crippen molar-refractivity contribution in [3.8, 4) is 0 Å². The van der Waals surface area contributed by atoms with Crippen LogP contribution in [0.2, 0.25) is 0 Å². The van der Waals surface area contributed by atoms with Gasteiger partial charge in [-0.3, -0.25) is 4.68 Å². The van der Waals surface area contributed by atoms with Crippen molar-refractivity contribution in [3.05, 3.63) is 40.8 Å². The van der Waals surface area contributed by atoms with Crippen LogP contribution in [0.15, 0.2) is 35.3 Å². The molecule has 2 aromatic rings. The number of sulfonamides is 1. The van der Waals surface area contributed by atoms with Crippen molar-refractivity contribution in [2.75, 3.05) is 12.3 Å². The number of aromatic nitrogens is 2. The zero-order chi connectivity index (χ0) is 13.7. The summed E-state index contributed by atoms with van der Waals surface area (Å²) in [5.74, 6) is 0.155. The second-order valence-corrected chi connectivity index (χ2v) is 6.93. The van der Waals surface area contributed by atoms with E-state index in [0.717, 1.165) is 5.56 Å². The molecule has 7 heteroatoms. The van der Waals surface area contributed by atoms with Crippen LogP contribution in [-0.4, -0.2) is 30.5 Å². The van der Waals surface area contributed by atoms with Gasteiger partial charge in [-0.05, 0) is 34.9 Å². The summed E-state index contributed by atoms with van der Waals surface area (Å²) in [6, 6.07) is 3.72. The van der Waals surface area contributed by atoms with Gasteiger partial charge in [-0.1, -0.05) is 6.92 Å². The molecule has 0 spiro atoms. The quantitative estimate of drug-likeness (QED) is 0.849. The zero-order valence-electron chi connectivity index (χ0n) is 10.7. The first-order valence-corrected chi connectivity index (χ1v) is 8.70. The molecule has 0 aromatic carbocycles. The molecule has 1 N–H and O–H groups in total. The number of hydrogen-bond donors (Lipinski definition) is 1. The summed E-state index contributed by atoms with van der Waals surface area (Å²) in [6.07, 6.45) is 4.15. The number of rotatable bonds is 7. The Kier molecular flexibility index (Phi) is 4.73. The molecule has 1 atom stereocenters. The Morgan fingerprint density at radius 3 is 2.95 bits per heavy atom. The van der Waals surface area contributed by atoms with Gasteiger partial charge in [-0.25, -0.2) is 13.1 Å². The van der Waals surface area contributed by atoms with Crippen molar-refractivity contribution >= 4 is 21.4 Å². The first kappa shape index (κ1) is 14.2. The van der Waals surface area contributed by atoms with Gasteiger partial charge in [0.15, 0.2) is 0 Å². The van der Waals surface area contributed by atoms with E-state index in [1.165, 1.54) is 0 Å². The molecule has 2 aromatic heterocycles. The van der Waals surface area contributed by atoms with Gasteiger partial charge in [-0.2, -0.15) is 16.4 Å². The molecule has 0 amide bonds. The van der Waals surface area contributed by atoms with Gasteiger partial charge in [0.05, 0.1) is 11.8 Å². The predicted molar refractivity (Wildman–Crippen MR) is 76.8 cm³/mol. The van der Waals surface area contributed by atoms with Crippen LogP contribution in [0, 0.1) is 0 Å². The monoisotopic (exact) mass is 299 g/mol. The van der Waals surface area contributed by atoms with Crippen molar-refractivity contribution in [1.29, 1.82) is 0 Å². The van der Waals surface area contributed by atoms with E-state index >= 15 is 0 Å². The minimum absolute atomic E-state index is 0.104. The Morgan fingerprint density at radius 2 is 2.37 bits per heavy atom. The highest BCUT2D eigenvalue weighted by molar-refractivity contribution is 7.89. The molecule has 0 radical (unpaired) electrons. The topological polar surface area (TPSA) is 64.0 Å². The third kappa shape index (κ3) is 3.89. The maximum absolute atomic E-state index is 11.7. The fraction of sp³-hybridized carbons (Fsp3) is 0.417. The first-order chi connectivity index (χ1) is 9.12. The molecule has 0 aliphatic carbocycles. The second-order valence-electron chi connectivity index (χ2n) is 4.23. The molecule has 0 unspecified atom stereocenters. The van der Waals surface area contributed by atoms with E-state index in [9.17, 15) is 8.42 Å². The lowest BCUT2D eigenvalue weighted by Gasteiger charge is -2.17. The molecule has 0 saturated heterocycles. The lowest BCUT2D eigenvalue weighted by atomic mass is 10.1. The predicted octanol–water partition coefficient (Wildman–Crippen LogP) is 1.86. The van der Waals surface area contributed by atoms with Gasteiger partial charge in [0.2, 0.25) is 10.0 Å². The zero-order valence-corrected chi connectivity index (χ0v) is 12.3. The van der Waals surface area contributed by atoms with Crippen LogP contribution < -0.4 is 4.72 Å². The average Bonchev–Trinajstić information content (AvgIpc) is 3.01. The van der Waals surface area contributed by atoms with E-state index in [0.29, 0.717) is 13.0 Å². The minimum atomic E-state index is -3.20. The lowest BCUT2D eigenvalue weighted by molar-refractivity contribution is 0.506. The molecule has 0 aliphatic heterocycles. The standard InChI is InChI=1S/C12H17N3O2S2/c1-2-8-19(16,17)14-9-12(11-4-7-18-10-11)15-6-3-5-13-15/h3-7,10,12,14H,2,8-9H2,1H3/t12-/m0/s1. The van der Waals surface area contributed by atoms with Gasteiger partial charge in [0.25, 0.3) is 0 Å². The highest BCUT2D eigenvalue weighted by Gasteiger charge is 2.17. The molecule has 19 heavy (non-hydrogen) atoms. The van der Waals surface area contributed by atoms with Crippen molar-refractivity contribution in [2.24, 2.45) is 0 Å². The van der Waals surface area contributed by atoms with Crippen LogP contribution >= 0.6 is 11.3 Å². The summed E-state index contributed by atoms with van der Waals surface area (Å²) in [7, 11) is -3.20. The summed E-state index contributed by atoms with van der Waals surface area (Å²) >= 11 is 1.59. The Bertz CT molecular complexity index is 542. The number of thiophene rings is 1. The fourth-order valence-electron chi connectivity index (χ4n) is 1.84. The first-order valence-electron chi connectivity index (χ1n) is 6.11. The van der Waals surface area contributed by atoms with E-state index in [4.69, 9.17) is 0 Å². The van der Waals surface area contributed by atoms with Crippen molar-refractivity contribution in [2.45, 2.75) is 19.4 Å². The number of hydrogen-bond acceptors (Lipinski definition) is 4. The van der Waals surface area contributed by atoms with E-state index in [2.05, 4.69) is 9.82 Å². The molecular formula is C12H17N3O2S2. The van der Waals surface area contributed by atoms with E-state index in [-0.39, 0.29) is 11.8 Å². The van der Waals surface area contributed by atoms with Gasteiger partial charge >= 0.3 is 0 Å². The maximum atomic E-state index is 11.7. The Labute approximate surface area is 117 Å². The van der Waals surface area contributed by atoms with Crippen LogP contribution in [-0.2, 0) is 10.0 Å². The Morgan fingerprint density at radius 1 is 1.53 bits per heavy atom. The summed E-state index contributed by atoms with van der Waals surface area (Å²) in [5.41, 5.74) is 1.06. The van der Waals surface area contributed by atoms with Gasteiger partial charge < -0.3 is 0 Å². The van der Waals surface area contributed by atoms with E-state index in [1.807, 2.05) is 36.0 Å². The molecule has 0 aliphatic rings. The largest absolute Gasteiger partial charge is 0.264 e. The summed E-state index contributed by atoms with van der Waals surface area (Å²) in [5, 5.41) is 8.20. The molecule has 104 valence electrons. The van der Waals surface area contributed by atoms with Crippen LogP contribution in [0.3, 0.4) is 0 Å². The highest BCUT2D eigenvalue weighted by Crippen LogP contribution is 2.19. The van der Waals surface area contributed by atoms with Crippen LogP contribution in [0.25, 0.3) is 0 Å². The Hall–Kier alpha value is -1.18. The summed E-state index contributed by atoms with van der Waals surface area (Å²) < 4.78 is 27.9. The van der Waals surface area contributed by atoms with E-state index in [1.54, 1.807) is 22.2 Å². The molecule has 0 fully saturated rings. The normalized spacial score (nSPS) is 13.5. The molecule has 0 bridgehead atoms. The van der Waals surface area contributed by atoms with Crippen LogP contribution in [0.4, 0.5) is 0 Å². The number of nitrogens with zero attached hydrogens (tertiary/aromatic N) is 2. The van der Waals surface area contributed by atoms with Gasteiger partial charge in [0.1, 0.15) is 0 Å². The number of nitrogens with one attached hydrogen (secondary N) is 1. The maximum Gasteiger partial charge on any atom is 0.211 e. The van der Waals surface area contributed by atoms with Crippen molar-refractivity contribution in [3.63, 3.8) is 0 Å². The third-order valence-corrected chi connectivity index (χ3v) is 5.00. The third-order valence-electron chi connectivity index (χ3n) is 2.74. The highest BCUT2D eigenvalue weighted by atomic mass is 32.2. The van der Waals surface area contributed by atoms with Crippen LogP contribution in [0.5, 0.6) is 0 Å². The molecular weight excluding hydrogens is 282 g/mol. The minimum Gasteiger partial charge on any atom is -0.264 e. The van der Waals surface area contributed by atoms with Crippen LogP contribution in [0.1, 0.15) is 24.9 Å². The summed E-state index contributed by atoms with van der Waals surface area (Å²) in [4.78, 5) is 0. The molecule has 2 heterocycles. The van der Waals surface area contributed by atoms with Gasteiger partial charge in [-0.15, -0.1) is 0 Å². The lowest BCUT2D eigenvalue weighted by Crippen LogP contribution is -2.32. The van der Waals surface area contributed by atoms with Crippen molar-refractivity contribution in [1.82, 2.24) is 14.5 Å². The van der Waals surface area contributed by atoms with Crippen molar-refractivity contribution < 1.29 is 8.42 Å². The summed E-state index contributed by atoms with van der Waals surface area (Å²) in [6.45, 7) is 2.17. The fourth-order valence-corrected chi connectivity index (χ4v) is 3.64. The SMILES string of the molecule is CCCS(=O)(=O)NC[C@@H](c1ccsc1)n1cccn1. The Balaban J connectivity index is 2.12. The van der Waals surface area contributed by atoms with Gasteiger partial charge in [0, 0.05) is 18.9 Å². The smallest absolute Gasteiger partial charge is 0.211 e.